The molecule has 0 radical (unpaired) electrons. The van der Waals surface area contributed by atoms with Crippen molar-refractivity contribution in [3.63, 3.8) is 0 Å². The molecular formula is C13H14ClN5O. The lowest BCUT2D eigenvalue weighted by atomic mass is 10.2. The number of likely N-dealkylation sites (tertiary alicyclic amines) is 1. The summed E-state index contributed by atoms with van der Waals surface area (Å²) in [5.74, 6) is 0.468. The summed E-state index contributed by atoms with van der Waals surface area (Å²) >= 11 is 6.09. The fraction of sp³-hybridized carbons (Fsp3) is 0.385. The molecule has 0 aliphatic carbocycles. The standard InChI is InChI=1S/C13H14ClN5O/c14-11-6-2-1-5-10(11)13-15-17-19(16-13)9-12(20)18-7-3-4-8-18/h1-2,5-6H,3-4,7-9H2. The summed E-state index contributed by atoms with van der Waals surface area (Å²) in [4.78, 5) is 15.1. The molecule has 7 heteroatoms. The molecule has 2 aromatic rings. The lowest BCUT2D eigenvalue weighted by Crippen LogP contribution is -2.31. The highest BCUT2D eigenvalue weighted by atomic mass is 35.5. The van der Waals surface area contributed by atoms with Crippen LogP contribution in [-0.4, -0.2) is 44.1 Å². The van der Waals surface area contributed by atoms with Gasteiger partial charge < -0.3 is 4.90 Å². The van der Waals surface area contributed by atoms with Crippen LogP contribution in [-0.2, 0) is 11.3 Å². The van der Waals surface area contributed by atoms with Crippen molar-refractivity contribution >= 4 is 17.5 Å². The van der Waals surface area contributed by atoms with Crippen LogP contribution in [0.3, 0.4) is 0 Å². The minimum Gasteiger partial charge on any atom is -0.341 e. The van der Waals surface area contributed by atoms with Crippen molar-refractivity contribution in [1.29, 1.82) is 0 Å². The fourth-order valence-corrected chi connectivity index (χ4v) is 2.47. The van der Waals surface area contributed by atoms with Gasteiger partial charge in [0.1, 0.15) is 6.54 Å². The van der Waals surface area contributed by atoms with Crippen LogP contribution in [0.2, 0.25) is 5.02 Å². The van der Waals surface area contributed by atoms with Crippen molar-refractivity contribution < 1.29 is 4.79 Å². The molecule has 1 saturated heterocycles. The van der Waals surface area contributed by atoms with E-state index in [-0.39, 0.29) is 12.5 Å². The Morgan fingerprint density at radius 3 is 2.75 bits per heavy atom. The second kappa shape index (κ2) is 5.58. The van der Waals surface area contributed by atoms with E-state index in [4.69, 9.17) is 11.6 Å². The van der Waals surface area contributed by atoms with Crippen molar-refractivity contribution in [3.8, 4) is 11.4 Å². The predicted octanol–water partition coefficient (Wildman–Crippen LogP) is 1.62. The Kier molecular flexibility index (Phi) is 3.64. The summed E-state index contributed by atoms with van der Waals surface area (Å²) in [5.41, 5.74) is 0.717. The molecule has 1 amide bonds. The summed E-state index contributed by atoms with van der Waals surface area (Å²) in [5, 5.41) is 12.7. The minimum atomic E-state index is 0.0330. The molecule has 1 aromatic carbocycles. The highest BCUT2D eigenvalue weighted by molar-refractivity contribution is 6.33. The number of hydrogen-bond acceptors (Lipinski definition) is 4. The lowest BCUT2D eigenvalue weighted by molar-refractivity contribution is -0.131. The monoisotopic (exact) mass is 291 g/mol. The van der Waals surface area contributed by atoms with Crippen molar-refractivity contribution in [2.75, 3.05) is 13.1 Å². The van der Waals surface area contributed by atoms with Crippen LogP contribution < -0.4 is 0 Å². The van der Waals surface area contributed by atoms with Crippen LogP contribution in [0.1, 0.15) is 12.8 Å². The molecule has 3 rings (SSSR count). The van der Waals surface area contributed by atoms with Gasteiger partial charge >= 0.3 is 0 Å². The normalized spacial score (nSPS) is 14.8. The number of rotatable bonds is 3. The highest BCUT2D eigenvalue weighted by Gasteiger charge is 2.19. The van der Waals surface area contributed by atoms with Gasteiger partial charge in [-0.15, -0.1) is 10.2 Å². The molecule has 0 unspecified atom stereocenters. The van der Waals surface area contributed by atoms with Crippen molar-refractivity contribution in [2.45, 2.75) is 19.4 Å². The van der Waals surface area contributed by atoms with Gasteiger partial charge in [0.15, 0.2) is 0 Å². The lowest BCUT2D eigenvalue weighted by Gasteiger charge is -2.13. The number of tetrazole rings is 1. The maximum atomic E-state index is 12.0. The van der Waals surface area contributed by atoms with Crippen LogP contribution >= 0.6 is 11.6 Å². The van der Waals surface area contributed by atoms with Crippen LogP contribution in [0.25, 0.3) is 11.4 Å². The van der Waals surface area contributed by atoms with E-state index in [9.17, 15) is 4.79 Å². The van der Waals surface area contributed by atoms with Gasteiger partial charge in [0.25, 0.3) is 0 Å². The molecule has 6 nitrogen and oxygen atoms in total. The molecule has 0 atom stereocenters. The topological polar surface area (TPSA) is 63.9 Å². The maximum Gasteiger partial charge on any atom is 0.246 e. The SMILES string of the molecule is O=C(Cn1nnc(-c2ccccc2Cl)n1)N1CCCC1. The van der Waals surface area contributed by atoms with Gasteiger partial charge in [-0.1, -0.05) is 23.7 Å². The van der Waals surface area contributed by atoms with Crippen molar-refractivity contribution in [3.05, 3.63) is 29.3 Å². The Morgan fingerprint density at radius 1 is 1.25 bits per heavy atom. The van der Waals surface area contributed by atoms with Crippen LogP contribution in [0.5, 0.6) is 0 Å². The average molecular weight is 292 g/mol. The van der Waals surface area contributed by atoms with E-state index >= 15 is 0 Å². The van der Waals surface area contributed by atoms with E-state index in [0.29, 0.717) is 16.4 Å². The number of carbonyl (C=O) groups is 1. The van der Waals surface area contributed by atoms with E-state index in [1.807, 2.05) is 23.1 Å². The third-order valence-corrected chi connectivity index (χ3v) is 3.63. The van der Waals surface area contributed by atoms with E-state index in [0.717, 1.165) is 25.9 Å². The van der Waals surface area contributed by atoms with Crippen molar-refractivity contribution in [1.82, 2.24) is 25.1 Å². The zero-order valence-electron chi connectivity index (χ0n) is 10.9. The van der Waals surface area contributed by atoms with Crippen LogP contribution in [0.4, 0.5) is 0 Å². The first kappa shape index (κ1) is 13.1. The Bertz CT molecular complexity index is 621. The molecule has 1 aliphatic heterocycles. The molecule has 0 bridgehead atoms. The molecule has 104 valence electrons. The molecule has 0 spiro atoms. The third kappa shape index (κ3) is 2.65. The summed E-state index contributed by atoms with van der Waals surface area (Å²) in [6.07, 6.45) is 2.14. The molecule has 0 N–H and O–H groups in total. The molecule has 1 fully saturated rings. The molecule has 0 saturated carbocycles. The number of aromatic nitrogens is 4. The zero-order chi connectivity index (χ0) is 13.9. The number of carbonyl (C=O) groups excluding carboxylic acids is 1. The van der Waals surface area contributed by atoms with Crippen LogP contribution in [0.15, 0.2) is 24.3 Å². The Labute approximate surface area is 121 Å². The Morgan fingerprint density at radius 2 is 2.00 bits per heavy atom. The Balaban J connectivity index is 1.74. The minimum absolute atomic E-state index is 0.0330. The fourth-order valence-electron chi connectivity index (χ4n) is 2.25. The van der Waals surface area contributed by atoms with E-state index in [2.05, 4.69) is 15.4 Å². The summed E-state index contributed by atoms with van der Waals surface area (Å²) < 4.78 is 0. The highest BCUT2D eigenvalue weighted by Crippen LogP contribution is 2.23. The summed E-state index contributed by atoms with van der Waals surface area (Å²) in [6.45, 7) is 1.77. The van der Waals surface area contributed by atoms with Gasteiger partial charge in [-0.3, -0.25) is 4.79 Å². The molecule has 2 heterocycles. The van der Waals surface area contributed by atoms with Gasteiger partial charge in [-0.25, -0.2) is 0 Å². The number of halogens is 1. The van der Waals surface area contributed by atoms with E-state index in [1.165, 1.54) is 4.80 Å². The average Bonchev–Trinajstić information content (AvgIpc) is 3.10. The number of hydrogen-bond donors (Lipinski definition) is 0. The number of amides is 1. The number of nitrogens with zero attached hydrogens (tertiary/aromatic N) is 5. The second-order valence-electron chi connectivity index (χ2n) is 4.71. The number of benzene rings is 1. The van der Waals surface area contributed by atoms with E-state index in [1.54, 1.807) is 6.07 Å². The summed E-state index contributed by atoms with van der Waals surface area (Å²) in [7, 11) is 0. The second-order valence-corrected chi connectivity index (χ2v) is 5.12. The Hall–Kier alpha value is -1.95. The van der Waals surface area contributed by atoms with Crippen molar-refractivity contribution in [2.24, 2.45) is 0 Å². The van der Waals surface area contributed by atoms with E-state index < -0.39 is 0 Å². The smallest absolute Gasteiger partial charge is 0.246 e. The first-order valence-electron chi connectivity index (χ1n) is 6.54. The van der Waals surface area contributed by atoms with Gasteiger partial charge in [0, 0.05) is 18.7 Å². The molecule has 1 aromatic heterocycles. The molecule has 1 aliphatic rings. The van der Waals surface area contributed by atoms with Gasteiger partial charge in [0.2, 0.25) is 11.7 Å². The first-order chi connectivity index (χ1) is 9.74. The van der Waals surface area contributed by atoms with Crippen LogP contribution in [0, 0.1) is 0 Å². The van der Waals surface area contributed by atoms with Gasteiger partial charge in [-0.05, 0) is 30.2 Å². The summed E-state index contributed by atoms with van der Waals surface area (Å²) in [6, 6.07) is 7.30. The third-order valence-electron chi connectivity index (χ3n) is 3.30. The maximum absolute atomic E-state index is 12.0. The molecule has 20 heavy (non-hydrogen) atoms. The first-order valence-corrected chi connectivity index (χ1v) is 6.92. The predicted molar refractivity (Wildman–Crippen MR) is 74.1 cm³/mol. The zero-order valence-corrected chi connectivity index (χ0v) is 11.6. The van der Waals surface area contributed by atoms with Gasteiger partial charge in [0.05, 0.1) is 5.02 Å². The van der Waals surface area contributed by atoms with Gasteiger partial charge in [-0.2, -0.15) is 4.80 Å². The molecular weight excluding hydrogens is 278 g/mol. The quantitative estimate of drug-likeness (QED) is 0.862. The largest absolute Gasteiger partial charge is 0.341 e.